The summed E-state index contributed by atoms with van der Waals surface area (Å²) in [5.74, 6) is 0. The topological polar surface area (TPSA) is 15.3 Å². The quantitative estimate of drug-likeness (QED) is 0.650. The molecule has 1 atom stereocenters. The summed E-state index contributed by atoms with van der Waals surface area (Å²) in [6.07, 6.45) is 3.46. The number of nitrogens with zero attached hydrogens (tertiary/aromatic N) is 1. The van der Waals surface area contributed by atoms with Gasteiger partial charge in [-0.3, -0.25) is 0 Å². The molecule has 1 saturated heterocycles. The molecule has 0 bridgehead atoms. The van der Waals surface area contributed by atoms with E-state index in [2.05, 4.69) is 29.7 Å². The summed E-state index contributed by atoms with van der Waals surface area (Å²) in [6.45, 7) is 6.87. The highest BCUT2D eigenvalue weighted by Gasteiger charge is 2.21. The third-order valence-corrected chi connectivity index (χ3v) is 2.83. The Kier molecular flexibility index (Phi) is 3.69. The molecule has 66 valence electrons. The Morgan fingerprint density at radius 2 is 2.27 bits per heavy atom. The summed E-state index contributed by atoms with van der Waals surface area (Å²) < 4.78 is 2.42. The van der Waals surface area contributed by atoms with Gasteiger partial charge in [-0.25, -0.2) is 4.31 Å². The Morgan fingerprint density at radius 3 is 2.73 bits per heavy atom. The number of hydrogen-bond acceptors (Lipinski definition) is 3. The molecule has 1 N–H and O–H groups in total. The summed E-state index contributed by atoms with van der Waals surface area (Å²) in [5, 5.41) is 3.55. The van der Waals surface area contributed by atoms with E-state index >= 15 is 0 Å². The fourth-order valence-corrected chi connectivity index (χ4v) is 2.12. The molecule has 11 heavy (non-hydrogen) atoms. The van der Waals surface area contributed by atoms with E-state index in [1.807, 2.05) is 11.9 Å². The molecular weight excluding hydrogens is 156 g/mol. The van der Waals surface area contributed by atoms with Gasteiger partial charge in [0.05, 0.1) is 0 Å². The molecule has 0 radical (unpaired) electrons. The van der Waals surface area contributed by atoms with Gasteiger partial charge in [-0.05, 0) is 12.7 Å². The molecule has 0 aliphatic carbocycles. The Hall–Kier alpha value is 0.270. The summed E-state index contributed by atoms with van der Waals surface area (Å²) in [6, 6.07) is 1.35. The fraction of sp³-hybridized carbons (Fsp3) is 1.00. The molecule has 0 spiro atoms. The van der Waals surface area contributed by atoms with E-state index in [0.717, 1.165) is 6.04 Å². The molecule has 1 heterocycles. The zero-order valence-corrected chi connectivity index (χ0v) is 8.45. The van der Waals surface area contributed by atoms with Crippen molar-refractivity contribution in [2.24, 2.45) is 0 Å². The van der Waals surface area contributed by atoms with Crippen LogP contribution in [0.4, 0.5) is 0 Å². The normalized spacial score (nSPS) is 26.7. The molecule has 0 amide bonds. The predicted molar refractivity (Wildman–Crippen MR) is 51.8 cm³/mol. The second-order valence-electron chi connectivity index (χ2n) is 3.38. The van der Waals surface area contributed by atoms with Crippen LogP contribution in [0.5, 0.6) is 0 Å². The smallest absolute Gasteiger partial charge is 0.0244 e. The van der Waals surface area contributed by atoms with Crippen LogP contribution < -0.4 is 5.32 Å². The molecule has 0 aromatic carbocycles. The van der Waals surface area contributed by atoms with Crippen LogP contribution in [0.2, 0.25) is 0 Å². The molecule has 0 aromatic heterocycles. The van der Waals surface area contributed by atoms with Gasteiger partial charge in [-0.2, -0.15) is 0 Å². The van der Waals surface area contributed by atoms with Crippen LogP contribution in [0.25, 0.3) is 0 Å². The second-order valence-corrected chi connectivity index (χ2v) is 4.26. The molecule has 2 nitrogen and oxygen atoms in total. The molecule has 0 aromatic rings. The SMILES string of the molecule is CSN1CCC(NC(C)C)C1. The summed E-state index contributed by atoms with van der Waals surface area (Å²) >= 11 is 1.86. The molecular formula is C8H18N2S. The van der Waals surface area contributed by atoms with Crippen LogP contribution in [0, 0.1) is 0 Å². The van der Waals surface area contributed by atoms with Gasteiger partial charge in [0, 0.05) is 25.2 Å². The third kappa shape index (κ3) is 3.01. The van der Waals surface area contributed by atoms with Crippen LogP contribution in [0.15, 0.2) is 0 Å². The van der Waals surface area contributed by atoms with Gasteiger partial charge in [0.2, 0.25) is 0 Å². The van der Waals surface area contributed by atoms with E-state index in [1.54, 1.807) is 0 Å². The lowest BCUT2D eigenvalue weighted by Gasteiger charge is -2.16. The summed E-state index contributed by atoms with van der Waals surface area (Å²) in [5.41, 5.74) is 0. The maximum atomic E-state index is 3.55. The lowest BCUT2D eigenvalue weighted by Crippen LogP contribution is -2.35. The van der Waals surface area contributed by atoms with Crippen LogP contribution in [0.1, 0.15) is 20.3 Å². The van der Waals surface area contributed by atoms with Crippen molar-refractivity contribution in [3.63, 3.8) is 0 Å². The zero-order chi connectivity index (χ0) is 8.27. The Balaban J connectivity index is 2.19. The van der Waals surface area contributed by atoms with Gasteiger partial charge in [0.1, 0.15) is 0 Å². The van der Waals surface area contributed by atoms with Gasteiger partial charge >= 0.3 is 0 Å². The van der Waals surface area contributed by atoms with Crippen molar-refractivity contribution >= 4 is 11.9 Å². The predicted octanol–water partition coefficient (Wildman–Crippen LogP) is 1.34. The van der Waals surface area contributed by atoms with E-state index in [9.17, 15) is 0 Å². The molecule has 1 fully saturated rings. The second kappa shape index (κ2) is 4.33. The van der Waals surface area contributed by atoms with Crippen molar-refractivity contribution in [1.29, 1.82) is 0 Å². The van der Waals surface area contributed by atoms with Gasteiger partial charge < -0.3 is 5.32 Å². The average molecular weight is 174 g/mol. The van der Waals surface area contributed by atoms with Crippen molar-refractivity contribution in [3.8, 4) is 0 Å². The number of nitrogens with one attached hydrogen (secondary N) is 1. The number of rotatable bonds is 3. The van der Waals surface area contributed by atoms with E-state index in [4.69, 9.17) is 0 Å². The number of hydrogen-bond donors (Lipinski definition) is 1. The van der Waals surface area contributed by atoms with Crippen molar-refractivity contribution < 1.29 is 0 Å². The van der Waals surface area contributed by atoms with Gasteiger partial charge in [-0.1, -0.05) is 25.8 Å². The monoisotopic (exact) mass is 174 g/mol. The highest BCUT2D eigenvalue weighted by molar-refractivity contribution is 7.96. The van der Waals surface area contributed by atoms with Crippen molar-refractivity contribution in [2.45, 2.75) is 32.4 Å². The van der Waals surface area contributed by atoms with Gasteiger partial charge in [0.25, 0.3) is 0 Å². The maximum Gasteiger partial charge on any atom is 0.0244 e. The van der Waals surface area contributed by atoms with Gasteiger partial charge in [0.15, 0.2) is 0 Å². The first kappa shape index (κ1) is 9.36. The van der Waals surface area contributed by atoms with Crippen molar-refractivity contribution in [1.82, 2.24) is 9.62 Å². The largest absolute Gasteiger partial charge is 0.310 e. The zero-order valence-electron chi connectivity index (χ0n) is 7.63. The first-order valence-corrected chi connectivity index (χ1v) is 5.45. The van der Waals surface area contributed by atoms with Crippen LogP contribution in [0.3, 0.4) is 0 Å². The first-order chi connectivity index (χ1) is 5.22. The minimum atomic E-state index is 0.627. The highest BCUT2D eigenvalue weighted by Crippen LogP contribution is 2.16. The molecule has 0 saturated carbocycles. The van der Waals surface area contributed by atoms with E-state index in [-0.39, 0.29) is 0 Å². The molecule has 3 heteroatoms. The van der Waals surface area contributed by atoms with E-state index in [1.165, 1.54) is 19.5 Å². The lowest BCUT2D eigenvalue weighted by molar-refractivity contribution is 0.469. The minimum absolute atomic E-state index is 0.627. The lowest BCUT2D eigenvalue weighted by atomic mass is 10.2. The van der Waals surface area contributed by atoms with Crippen LogP contribution >= 0.6 is 11.9 Å². The first-order valence-electron chi connectivity index (χ1n) is 4.27. The highest BCUT2D eigenvalue weighted by atomic mass is 32.2. The minimum Gasteiger partial charge on any atom is -0.310 e. The molecule has 1 aliphatic rings. The average Bonchev–Trinajstić information content (AvgIpc) is 2.34. The molecule has 1 rings (SSSR count). The third-order valence-electron chi connectivity index (χ3n) is 1.98. The van der Waals surface area contributed by atoms with Crippen LogP contribution in [-0.2, 0) is 0 Å². The maximum absolute atomic E-state index is 3.55. The van der Waals surface area contributed by atoms with E-state index < -0.39 is 0 Å². The van der Waals surface area contributed by atoms with E-state index in [0.29, 0.717) is 6.04 Å². The standard InChI is InChI=1S/C8H18N2S/c1-7(2)9-8-4-5-10(6-8)11-3/h7-9H,4-6H2,1-3H3. The fourth-order valence-electron chi connectivity index (χ4n) is 1.50. The van der Waals surface area contributed by atoms with Crippen molar-refractivity contribution in [2.75, 3.05) is 19.3 Å². The summed E-state index contributed by atoms with van der Waals surface area (Å²) in [7, 11) is 0. The Morgan fingerprint density at radius 1 is 1.55 bits per heavy atom. The van der Waals surface area contributed by atoms with Crippen molar-refractivity contribution in [3.05, 3.63) is 0 Å². The Bertz CT molecular complexity index is 117. The Labute approximate surface area is 73.9 Å². The van der Waals surface area contributed by atoms with Gasteiger partial charge in [-0.15, -0.1) is 0 Å². The summed E-state index contributed by atoms with van der Waals surface area (Å²) in [4.78, 5) is 0. The molecule has 1 aliphatic heterocycles. The van der Waals surface area contributed by atoms with Crippen LogP contribution in [-0.4, -0.2) is 35.7 Å². The molecule has 1 unspecified atom stereocenters.